The number of aromatic nitrogens is 1. The van der Waals surface area contributed by atoms with E-state index in [1.54, 1.807) is 30.3 Å². The molecular formula is C27H20F4N2O3. The van der Waals surface area contributed by atoms with Gasteiger partial charge in [-0.1, -0.05) is 42.5 Å². The van der Waals surface area contributed by atoms with Crippen LogP contribution in [0.1, 0.15) is 50.8 Å². The minimum absolute atomic E-state index is 0.00882. The van der Waals surface area contributed by atoms with Crippen molar-refractivity contribution in [1.29, 1.82) is 0 Å². The standard InChI is InChI=1S/C27H20F4N2O3/c28-18-11-19(10-15-6-8-17(9-7-15)27(29,30)31)33-22(12-18)20(13-23(33)24(34)35)21-14-26(21,25(32)36)16-4-2-1-3-5-16/h1-9,11-13,21H,10,14H2,(H2,32,36)(H,34,35). The summed E-state index contributed by atoms with van der Waals surface area (Å²) in [5, 5.41) is 9.91. The molecule has 0 bridgehead atoms. The molecule has 2 aromatic heterocycles. The Balaban J connectivity index is 1.62. The molecule has 4 aromatic rings. The van der Waals surface area contributed by atoms with Crippen LogP contribution < -0.4 is 5.73 Å². The predicted molar refractivity (Wildman–Crippen MR) is 123 cm³/mol. The molecule has 184 valence electrons. The molecule has 1 aliphatic rings. The van der Waals surface area contributed by atoms with Crippen LogP contribution in [0.15, 0.2) is 72.8 Å². The molecular weight excluding hydrogens is 476 g/mol. The van der Waals surface area contributed by atoms with Crippen molar-refractivity contribution in [1.82, 2.24) is 4.40 Å². The number of benzene rings is 2. The van der Waals surface area contributed by atoms with Gasteiger partial charge < -0.3 is 15.2 Å². The van der Waals surface area contributed by atoms with Gasteiger partial charge in [0.15, 0.2) is 0 Å². The Morgan fingerprint density at radius 1 is 1.03 bits per heavy atom. The normalized spacial score (nSPS) is 19.4. The molecule has 1 fully saturated rings. The number of halogens is 4. The molecule has 2 heterocycles. The van der Waals surface area contributed by atoms with Crippen LogP contribution in [-0.4, -0.2) is 21.4 Å². The molecule has 0 saturated heterocycles. The fraction of sp³-hybridized carbons (Fsp3) is 0.185. The number of carbonyl (C=O) groups excluding carboxylic acids is 1. The number of fused-ring (bicyclic) bond motifs is 1. The third kappa shape index (κ3) is 3.80. The molecule has 9 heteroatoms. The number of amides is 1. The van der Waals surface area contributed by atoms with Gasteiger partial charge in [0, 0.05) is 18.0 Å². The zero-order valence-corrected chi connectivity index (χ0v) is 18.7. The van der Waals surface area contributed by atoms with Crippen LogP contribution in [0.25, 0.3) is 5.52 Å². The molecule has 1 saturated carbocycles. The van der Waals surface area contributed by atoms with Crippen molar-refractivity contribution in [3.63, 3.8) is 0 Å². The van der Waals surface area contributed by atoms with E-state index in [0.29, 0.717) is 23.1 Å². The van der Waals surface area contributed by atoms with E-state index in [2.05, 4.69) is 0 Å². The monoisotopic (exact) mass is 496 g/mol. The molecule has 5 rings (SSSR count). The zero-order chi connectivity index (χ0) is 25.8. The number of carbonyl (C=O) groups is 2. The fourth-order valence-corrected chi connectivity index (χ4v) is 5.09. The first-order valence-electron chi connectivity index (χ1n) is 11.1. The van der Waals surface area contributed by atoms with Crippen LogP contribution in [0.3, 0.4) is 0 Å². The van der Waals surface area contributed by atoms with E-state index in [9.17, 15) is 32.3 Å². The van der Waals surface area contributed by atoms with Crippen molar-refractivity contribution in [2.45, 2.75) is 30.4 Å². The Hall–Kier alpha value is -4.14. The van der Waals surface area contributed by atoms with Crippen LogP contribution in [0.2, 0.25) is 0 Å². The van der Waals surface area contributed by atoms with E-state index in [-0.39, 0.29) is 23.3 Å². The van der Waals surface area contributed by atoms with Gasteiger partial charge in [0.2, 0.25) is 5.91 Å². The number of nitrogens with two attached hydrogens (primary N) is 1. The molecule has 5 nitrogen and oxygen atoms in total. The lowest BCUT2D eigenvalue weighted by Crippen LogP contribution is -2.30. The first kappa shape index (κ1) is 23.6. The average molecular weight is 496 g/mol. The Morgan fingerprint density at radius 3 is 2.28 bits per heavy atom. The van der Waals surface area contributed by atoms with Crippen molar-refractivity contribution in [3.8, 4) is 0 Å². The third-order valence-electron chi connectivity index (χ3n) is 6.89. The first-order valence-corrected chi connectivity index (χ1v) is 11.1. The Kier molecular flexibility index (Phi) is 5.39. The lowest BCUT2D eigenvalue weighted by atomic mass is 9.90. The largest absolute Gasteiger partial charge is 0.477 e. The number of alkyl halides is 3. The number of pyridine rings is 1. The van der Waals surface area contributed by atoms with E-state index < -0.39 is 40.8 Å². The topological polar surface area (TPSA) is 84.8 Å². The zero-order valence-electron chi connectivity index (χ0n) is 18.7. The number of hydrogen-bond donors (Lipinski definition) is 2. The van der Waals surface area contributed by atoms with Gasteiger partial charge in [0.1, 0.15) is 11.5 Å². The molecule has 1 aliphatic carbocycles. The molecule has 1 amide bonds. The van der Waals surface area contributed by atoms with Gasteiger partial charge in [0.05, 0.1) is 16.5 Å². The number of primary amides is 1. The summed E-state index contributed by atoms with van der Waals surface area (Å²) in [5.41, 5.74) is 5.94. The fourth-order valence-electron chi connectivity index (χ4n) is 5.09. The summed E-state index contributed by atoms with van der Waals surface area (Å²) in [4.78, 5) is 24.7. The number of carboxylic acids is 1. The summed E-state index contributed by atoms with van der Waals surface area (Å²) in [6.07, 6.45) is -4.16. The molecule has 2 atom stereocenters. The number of rotatable bonds is 6. The highest BCUT2D eigenvalue weighted by Gasteiger charge is 2.61. The second kappa shape index (κ2) is 8.22. The summed E-state index contributed by atoms with van der Waals surface area (Å²) >= 11 is 0. The second-order valence-electron chi connectivity index (χ2n) is 9.01. The summed E-state index contributed by atoms with van der Waals surface area (Å²) in [6.45, 7) is 0. The van der Waals surface area contributed by atoms with Crippen molar-refractivity contribution in [2.75, 3.05) is 0 Å². The molecule has 2 unspecified atom stereocenters. The van der Waals surface area contributed by atoms with Gasteiger partial charge in [0.25, 0.3) is 0 Å². The van der Waals surface area contributed by atoms with Crippen LogP contribution in [0.4, 0.5) is 17.6 Å². The van der Waals surface area contributed by atoms with Gasteiger partial charge in [-0.25, -0.2) is 9.18 Å². The second-order valence-corrected chi connectivity index (χ2v) is 9.01. The van der Waals surface area contributed by atoms with Gasteiger partial charge in [-0.2, -0.15) is 13.2 Å². The maximum atomic E-state index is 14.8. The van der Waals surface area contributed by atoms with E-state index in [1.807, 2.05) is 0 Å². The minimum Gasteiger partial charge on any atom is -0.477 e. The van der Waals surface area contributed by atoms with Gasteiger partial charge in [-0.05, 0) is 53.4 Å². The van der Waals surface area contributed by atoms with Gasteiger partial charge in [-0.15, -0.1) is 0 Å². The Labute approximate surface area is 202 Å². The Bertz CT molecular complexity index is 1490. The van der Waals surface area contributed by atoms with Crippen molar-refractivity contribution >= 4 is 17.4 Å². The summed E-state index contributed by atoms with van der Waals surface area (Å²) < 4.78 is 54.9. The Morgan fingerprint density at radius 2 is 1.69 bits per heavy atom. The van der Waals surface area contributed by atoms with Crippen molar-refractivity contribution in [2.24, 2.45) is 5.73 Å². The highest BCUT2D eigenvalue weighted by molar-refractivity contribution is 5.94. The number of hydrogen-bond acceptors (Lipinski definition) is 2. The molecule has 3 N–H and O–H groups in total. The summed E-state index contributed by atoms with van der Waals surface area (Å²) in [7, 11) is 0. The highest BCUT2D eigenvalue weighted by atomic mass is 19.4. The first-order chi connectivity index (χ1) is 17.0. The molecule has 0 aliphatic heterocycles. The van der Waals surface area contributed by atoms with Crippen molar-refractivity contribution in [3.05, 3.63) is 112 Å². The molecule has 36 heavy (non-hydrogen) atoms. The SMILES string of the molecule is NC(=O)C1(c2ccccc2)CC1c1cc(C(=O)O)n2c(Cc3ccc(C(F)(F)F)cc3)cc(F)cc12. The summed E-state index contributed by atoms with van der Waals surface area (Å²) in [5.74, 6) is -2.91. The number of nitrogens with zero attached hydrogens (tertiary/aromatic N) is 1. The predicted octanol–water partition coefficient (Wildman–Crippen LogP) is 5.30. The maximum Gasteiger partial charge on any atom is 0.416 e. The van der Waals surface area contributed by atoms with E-state index in [4.69, 9.17) is 5.73 Å². The van der Waals surface area contributed by atoms with Gasteiger partial charge in [-0.3, -0.25) is 4.79 Å². The van der Waals surface area contributed by atoms with Crippen molar-refractivity contribution < 1.29 is 32.3 Å². The van der Waals surface area contributed by atoms with E-state index in [1.165, 1.54) is 28.7 Å². The number of aromatic carboxylic acids is 1. The van der Waals surface area contributed by atoms with E-state index >= 15 is 0 Å². The molecule has 2 aromatic carbocycles. The number of carboxylic acid groups (broad SMARTS) is 1. The third-order valence-corrected chi connectivity index (χ3v) is 6.89. The van der Waals surface area contributed by atoms with Crippen LogP contribution in [0.5, 0.6) is 0 Å². The maximum absolute atomic E-state index is 14.8. The smallest absolute Gasteiger partial charge is 0.416 e. The quantitative estimate of drug-likeness (QED) is 0.356. The average Bonchev–Trinajstić information content (AvgIpc) is 3.47. The van der Waals surface area contributed by atoms with Crippen LogP contribution in [-0.2, 0) is 22.8 Å². The lowest BCUT2D eigenvalue weighted by Gasteiger charge is -2.14. The van der Waals surface area contributed by atoms with E-state index in [0.717, 1.165) is 18.2 Å². The summed E-state index contributed by atoms with van der Waals surface area (Å²) in [6, 6.07) is 17.1. The van der Waals surface area contributed by atoms with Crippen LogP contribution >= 0.6 is 0 Å². The lowest BCUT2D eigenvalue weighted by molar-refractivity contribution is -0.137. The molecule has 0 radical (unpaired) electrons. The van der Waals surface area contributed by atoms with Gasteiger partial charge >= 0.3 is 12.1 Å². The van der Waals surface area contributed by atoms with Crippen LogP contribution in [0, 0.1) is 5.82 Å². The minimum atomic E-state index is -4.49. The molecule has 0 spiro atoms. The highest BCUT2D eigenvalue weighted by Crippen LogP contribution is 2.61.